The Balaban J connectivity index is 1.92. The molecule has 1 aromatic carbocycles. The van der Waals surface area contributed by atoms with Crippen molar-refractivity contribution in [1.82, 2.24) is 4.98 Å². The number of hydrogen-bond acceptors (Lipinski definition) is 4. The minimum Gasteiger partial charge on any atom is -0.474 e. The zero-order chi connectivity index (χ0) is 19.6. The first-order valence-corrected chi connectivity index (χ1v) is 9.15. The highest BCUT2D eigenvalue weighted by molar-refractivity contribution is 5.90. The van der Waals surface area contributed by atoms with Crippen LogP contribution < -0.4 is 9.64 Å². The number of hydrogen-bond donors (Lipinski definition) is 0. The zero-order valence-corrected chi connectivity index (χ0v) is 16.2. The van der Waals surface area contributed by atoms with Gasteiger partial charge in [-0.2, -0.15) is 0 Å². The molecule has 1 unspecified atom stereocenters. The van der Waals surface area contributed by atoms with Crippen LogP contribution in [0.25, 0.3) is 0 Å². The average Bonchev–Trinajstić information content (AvgIpc) is 2.61. The Hall–Kier alpha value is -2.63. The summed E-state index contributed by atoms with van der Waals surface area (Å²) in [5, 5.41) is 0. The van der Waals surface area contributed by atoms with Crippen LogP contribution in [0.3, 0.4) is 0 Å². The topological polar surface area (TPSA) is 51.7 Å². The minimum absolute atomic E-state index is 0.116. The molecule has 1 atom stereocenters. The van der Waals surface area contributed by atoms with Crippen molar-refractivity contribution in [3.05, 3.63) is 53.5 Å². The molecule has 0 saturated carbocycles. The van der Waals surface area contributed by atoms with E-state index in [-0.39, 0.29) is 11.9 Å². The number of pyridine rings is 1. The number of ether oxygens (including phenoxy) is 2. The van der Waals surface area contributed by atoms with Gasteiger partial charge < -0.3 is 9.47 Å². The van der Waals surface area contributed by atoms with Gasteiger partial charge in [-0.15, -0.1) is 0 Å². The number of amides is 1. The Bertz CT molecular complexity index is 815. The number of benzene rings is 1. The van der Waals surface area contributed by atoms with E-state index in [1.54, 1.807) is 23.2 Å². The molecule has 0 saturated heterocycles. The second kappa shape index (κ2) is 7.55. The Morgan fingerprint density at radius 1 is 1.30 bits per heavy atom. The number of rotatable bonds is 3. The van der Waals surface area contributed by atoms with E-state index < -0.39 is 11.7 Å². The first kappa shape index (κ1) is 19.1. The molecule has 1 aliphatic heterocycles. The lowest BCUT2D eigenvalue weighted by atomic mass is 10.0. The van der Waals surface area contributed by atoms with Crippen molar-refractivity contribution < 1.29 is 18.7 Å². The Kier molecular flexibility index (Phi) is 5.35. The predicted octanol–water partition coefficient (Wildman–Crippen LogP) is 4.72. The molecule has 1 aromatic heterocycles. The maximum Gasteiger partial charge on any atom is 0.415 e. The summed E-state index contributed by atoms with van der Waals surface area (Å²) in [6, 6.07) is 8.14. The van der Waals surface area contributed by atoms with Gasteiger partial charge in [0.2, 0.25) is 5.88 Å². The number of carbonyl (C=O) groups is 1. The molecule has 3 rings (SSSR count). The van der Waals surface area contributed by atoms with Gasteiger partial charge >= 0.3 is 6.09 Å². The van der Waals surface area contributed by atoms with E-state index >= 15 is 0 Å². The number of halogens is 1. The summed E-state index contributed by atoms with van der Waals surface area (Å²) in [5.74, 6) is 0.158. The first-order chi connectivity index (χ1) is 12.8. The third-order valence-corrected chi connectivity index (χ3v) is 4.31. The van der Waals surface area contributed by atoms with Crippen molar-refractivity contribution in [3.8, 4) is 5.88 Å². The van der Waals surface area contributed by atoms with Crippen LogP contribution >= 0.6 is 0 Å². The third-order valence-electron chi connectivity index (χ3n) is 4.31. The van der Waals surface area contributed by atoms with Crippen molar-refractivity contribution in [2.45, 2.75) is 52.2 Å². The molecule has 144 valence electrons. The van der Waals surface area contributed by atoms with Crippen molar-refractivity contribution in [3.63, 3.8) is 0 Å². The summed E-state index contributed by atoms with van der Waals surface area (Å²) in [5.41, 5.74) is 1.90. The average molecular weight is 372 g/mol. The minimum atomic E-state index is -0.590. The fraction of sp³-hybridized carbons (Fsp3) is 0.429. The number of anilines is 1. The smallest absolute Gasteiger partial charge is 0.415 e. The summed E-state index contributed by atoms with van der Waals surface area (Å²) in [6.07, 6.45) is 2.64. The maximum atomic E-state index is 13.1. The zero-order valence-electron chi connectivity index (χ0n) is 16.2. The summed E-state index contributed by atoms with van der Waals surface area (Å²) < 4.78 is 24.5. The highest BCUT2D eigenvalue weighted by Crippen LogP contribution is 2.35. The molecule has 0 aliphatic carbocycles. The second-order valence-electron chi connectivity index (χ2n) is 7.69. The predicted molar refractivity (Wildman–Crippen MR) is 102 cm³/mol. The largest absolute Gasteiger partial charge is 0.474 e. The van der Waals surface area contributed by atoms with Crippen molar-refractivity contribution in [2.75, 3.05) is 11.5 Å². The number of nitrogens with zero attached hydrogens (tertiary/aromatic N) is 2. The van der Waals surface area contributed by atoms with E-state index in [0.717, 1.165) is 17.5 Å². The summed E-state index contributed by atoms with van der Waals surface area (Å²) in [7, 11) is 0. The highest BCUT2D eigenvalue weighted by atomic mass is 19.1. The lowest BCUT2D eigenvalue weighted by Crippen LogP contribution is -2.48. The van der Waals surface area contributed by atoms with E-state index in [9.17, 15) is 9.18 Å². The van der Waals surface area contributed by atoms with Gasteiger partial charge in [0.25, 0.3) is 0 Å². The standard InChI is InChI=1S/C21H25FN2O3/c1-5-17-13-26-19-18(24(17)20(25)27-21(2,3)4)11-15(12-23-19)10-14-6-8-16(22)9-7-14/h6-9,11-12,17H,5,10,13H2,1-4H3. The van der Waals surface area contributed by atoms with Crippen LogP contribution in [0.2, 0.25) is 0 Å². The Morgan fingerprint density at radius 3 is 2.63 bits per heavy atom. The molecule has 1 aliphatic rings. The SMILES string of the molecule is CCC1COc2ncc(Cc3ccc(F)cc3)cc2N1C(=O)OC(C)(C)C. The number of fused-ring (bicyclic) bond motifs is 1. The van der Waals surface area contributed by atoms with Crippen LogP contribution in [-0.2, 0) is 11.2 Å². The van der Waals surface area contributed by atoms with E-state index in [1.165, 1.54) is 12.1 Å². The van der Waals surface area contributed by atoms with Gasteiger partial charge in [0.15, 0.2) is 0 Å². The summed E-state index contributed by atoms with van der Waals surface area (Å²) >= 11 is 0. The normalized spacial score (nSPS) is 16.5. The third kappa shape index (κ3) is 4.56. The molecule has 2 aromatic rings. The molecular weight excluding hydrogens is 347 g/mol. The summed E-state index contributed by atoms with van der Waals surface area (Å²) in [6.45, 7) is 7.92. The molecule has 27 heavy (non-hydrogen) atoms. The molecule has 0 radical (unpaired) electrons. The van der Waals surface area contributed by atoms with Crippen LogP contribution in [0, 0.1) is 5.82 Å². The van der Waals surface area contributed by atoms with Gasteiger partial charge in [-0.05, 0) is 62.9 Å². The highest BCUT2D eigenvalue weighted by Gasteiger charge is 2.35. The van der Waals surface area contributed by atoms with Gasteiger partial charge in [-0.25, -0.2) is 14.2 Å². The van der Waals surface area contributed by atoms with E-state index in [1.807, 2.05) is 33.8 Å². The van der Waals surface area contributed by atoms with Crippen LogP contribution in [0.5, 0.6) is 5.88 Å². The molecule has 5 nitrogen and oxygen atoms in total. The van der Waals surface area contributed by atoms with E-state index in [4.69, 9.17) is 9.47 Å². The molecule has 6 heteroatoms. The molecule has 2 heterocycles. The van der Waals surface area contributed by atoms with Crippen molar-refractivity contribution in [1.29, 1.82) is 0 Å². The van der Waals surface area contributed by atoms with Crippen molar-refractivity contribution >= 4 is 11.8 Å². The van der Waals surface area contributed by atoms with Crippen molar-refractivity contribution in [2.24, 2.45) is 0 Å². The lowest BCUT2D eigenvalue weighted by molar-refractivity contribution is 0.0540. The van der Waals surface area contributed by atoms with Crippen LogP contribution in [0.4, 0.5) is 14.9 Å². The van der Waals surface area contributed by atoms with Gasteiger partial charge in [0, 0.05) is 6.20 Å². The van der Waals surface area contributed by atoms with Crippen LogP contribution in [0.15, 0.2) is 36.5 Å². The maximum absolute atomic E-state index is 13.1. The number of carbonyl (C=O) groups excluding carboxylic acids is 1. The molecule has 1 amide bonds. The second-order valence-corrected chi connectivity index (χ2v) is 7.69. The molecule has 0 spiro atoms. The van der Waals surface area contributed by atoms with Gasteiger partial charge in [0.1, 0.15) is 23.7 Å². The van der Waals surface area contributed by atoms with Gasteiger partial charge in [-0.3, -0.25) is 4.90 Å². The molecule has 0 N–H and O–H groups in total. The van der Waals surface area contributed by atoms with Gasteiger partial charge in [-0.1, -0.05) is 19.1 Å². The van der Waals surface area contributed by atoms with Gasteiger partial charge in [0.05, 0.1) is 6.04 Å². The fourth-order valence-electron chi connectivity index (χ4n) is 3.01. The van der Waals surface area contributed by atoms with Crippen LogP contribution in [0.1, 0.15) is 45.2 Å². The van der Waals surface area contributed by atoms with E-state index in [2.05, 4.69) is 4.98 Å². The fourth-order valence-corrected chi connectivity index (χ4v) is 3.01. The first-order valence-electron chi connectivity index (χ1n) is 9.15. The number of aromatic nitrogens is 1. The Morgan fingerprint density at radius 2 is 2.00 bits per heavy atom. The van der Waals surface area contributed by atoms with Crippen LogP contribution in [-0.4, -0.2) is 29.3 Å². The molecule has 0 fully saturated rings. The molecule has 0 bridgehead atoms. The summed E-state index contributed by atoms with van der Waals surface area (Å²) in [4.78, 5) is 18.9. The quantitative estimate of drug-likeness (QED) is 0.782. The lowest BCUT2D eigenvalue weighted by Gasteiger charge is -2.36. The van der Waals surface area contributed by atoms with E-state index in [0.29, 0.717) is 24.6 Å². The molecular formula is C21H25FN2O3. The monoisotopic (exact) mass is 372 g/mol. The Labute approximate surface area is 159 Å².